The zero-order valence-electron chi connectivity index (χ0n) is 8.85. The molecule has 1 nitrogen and oxygen atoms in total. The molecule has 0 aliphatic heterocycles. The van der Waals surface area contributed by atoms with Gasteiger partial charge in [0.2, 0.25) is 7.28 Å². The van der Waals surface area contributed by atoms with Gasteiger partial charge in [-0.15, -0.1) is 0 Å². The first-order valence-corrected chi connectivity index (χ1v) is 5.84. The molecule has 0 bridgehead atoms. The van der Waals surface area contributed by atoms with Gasteiger partial charge in [0.05, 0.1) is 5.68 Å². The van der Waals surface area contributed by atoms with Gasteiger partial charge in [-0.05, 0) is 6.42 Å². The van der Waals surface area contributed by atoms with Crippen LogP contribution in [0.3, 0.4) is 0 Å². The quantitative estimate of drug-likeness (QED) is 0.610. The van der Waals surface area contributed by atoms with Crippen LogP contribution in [-0.4, -0.2) is 13.0 Å². The molecule has 0 aromatic carbocycles. The van der Waals surface area contributed by atoms with Crippen molar-refractivity contribution in [3.05, 3.63) is 0 Å². The molecule has 0 N–H and O–H groups in total. The highest BCUT2D eigenvalue weighted by atomic mass is 16.1. The van der Waals surface area contributed by atoms with Crippen molar-refractivity contribution in [1.82, 2.24) is 0 Å². The molecular weight excluding hydrogens is 159 g/mol. The van der Waals surface area contributed by atoms with Crippen LogP contribution in [0.25, 0.3) is 0 Å². The van der Waals surface area contributed by atoms with E-state index in [9.17, 15) is 4.79 Å². The standard InChI is InChI=1S/C11H21BO/c1-2-11(13)12-10-8-6-4-3-5-7-9-10/h10,12H,2-9H2,1H3. The number of carbonyl (C=O) groups excluding carboxylic acids is 1. The van der Waals surface area contributed by atoms with Gasteiger partial charge in [0.1, 0.15) is 0 Å². The van der Waals surface area contributed by atoms with Crippen LogP contribution >= 0.6 is 0 Å². The first-order valence-electron chi connectivity index (χ1n) is 5.84. The molecule has 2 heteroatoms. The van der Waals surface area contributed by atoms with Gasteiger partial charge >= 0.3 is 0 Å². The van der Waals surface area contributed by atoms with Crippen molar-refractivity contribution in [3.8, 4) is 0 Å². The molecule has 0 atom stereocenters. The molecule has 1 aliphatic rings. The molecular formula is C11H21BO. The predicted molar refractivity (Wildman–Crippen MR) is 58.5 cm³/mol. The highest BCUT2D eigenvalue weighted by Gasteiger charge is 2.15. The Bertz CT molecular complexity index is 148. The van der Waals surface area contributed by atoms with Crippen molar-refractivity contribution in [1.29, 1.82) is 0 Å². The average Bonchev–Trinajstić information content (AvgIpc) is 2.09. The summed E-state index contributed by atoms with van der Waals surface area (Å²) in [5.41, 5.74) is 0.463. The lowest BCUT2D eigenvalue weighted by Crippen LogP contribution is -2.15. The summed E-state index contributed by atoms with van der Waals surface area (Å²) in [5.74, 6) is 0.716. The molecule has 0 spiro atoms. The van der Waals surface area contributed by atoms with E-state index in [2.05, 4.69) is 0 Å². The maximum Gasteiger partial charge on any atom is 0.208 e. The Morgan fingerprint density at radius 3 is 2.23 bits per heavy atom. The molecule has 0 heterocycles. The van der Waals surface area contributed by atoms with E-state index < -0.39 is 0 Å². The van der Waals surface area contributed by atoms with E-state index >= 15 is 0 Å². The largest absolute Gasteiger partial charge is 0.312 e. The van der Waals surface area contributed by atoms with Gasteiger partial charge < -0.3 is 4.79 Å². The Balaban J connectivity index is 2.25. The monoisotopic (exact) mass is 180 g/mol. The second kappa shape index (κ2) is 6.23. The molecule has 1 rings (SSSR count). The minimum absolute atomic E-state index is 0.463. The van der Waals surface area contributed by atoms with Crippen LogP contribution in [0.1, 0.15) is 58.3 Å². The molecule has 0 unspecified atom stereocenters. The lowest BCUT2D eigenvalue weighted by Gasteiger charge is -2.17. The third-order valence-corrected chi connectivity index (χ3v) is 3.14. The topological polar surface area (TPSA) is 17.1 Å². The number of carbonyl (C=O) groups is 1. The molecule has 0 aromatic rings. The third kappa shape index (κ3) is 4.49. The number of rotatable bonds is 3. The second-order valence-corrected chi connectivity index (χ2v) is 4.31. The highest BCUT2D eigenvalue weighted by Crippen LogP contribution is 2.26. The summed E-state index contributed by atoms with van der Waals surface area (Å²) in [5, 5.41) is 0. The first-order chi connectivity index (χ1) is 6.33. The van der Waals surface area contributed by atoms with Crippen LogP contribution in [-0.2, 0) is 4.79 Å². The van der Waals surface area contributed by atoms with Gasteiger partial charge in [-0.2, -0.15) is 0 Å². The lowest BCUT2D eigenvalue weighted by atomic mass is 9.56. The van der Waals surface area contributed by atoms with E-state index in [1.165, 1.54) is 44.9 Å². The molecule has 1 aliphatic carbocycles. The molecule has 1 fully saturated rings. The fourth-order valence-corrected chi connectivity index (χ4v) is 2.21. The van der Waals surface area contributed by atoms with Gasteiger partial charge in [0, 0.05) is 0 Å². The van der Waals surface area contributed by atoms with Crippen molar-refractivity contribution in [2.45, 2.75) is 64.1 Å². The Hall–Kier alpha value is -0.265. The summed E-state index contributed by atoms with van der Waals surface area (Å²) in [6, 6.07) is 0. The summed E-state index contributed by atoms with van der Waals surface area (Å²) in [4.78, 5) is 11.3. The summed E-state index contributed by atoms with van der Waals surface area (Å²) in [7, 11) is 0.858. The fourth-order valence-electron chi connectivity index (χ4n) is 2.21. The molecule has 0 amide bonds. The van der Waals surface area contributed by atoms with Gasteiger partial charge in [0.15, 0.2) is 0 Å². The van der Waals surface area contributed by atoms with E-state index in [1.54, 1.807) is 0 Å². The van der Waals surface area contributed by atoms with Crippen molar-refractivity contribution in [2.75, 3.05) is 0 Å². The number of hydrogen-bond acceptors (Lipinski definition) is 1. The third-order valence-electron chi connectivity index (χ3n) is 3.14. The Morgan fingerprint density at radius 1 is 1.15 bits per heavy atom. The smallest absolute Gasteiger partial charge is 0.208 e. The van der Waals surface area contributed by atoms with Crippen molar-refractivity contribution < 1.29 is 4.79 Å². The molecule has 13 heavy (non-hydrogen) atoms. The van der Waals surface area contributed by atoms with Crippen LogP contribution in [0.2, 0.25) is 5.82 Å². The van der Waals surface area contributed by atoms with Crippen LogP contribution in [0.5, 0.6) is 0 Å². The van der Waals surface area contributed by atoms with Crippen LogP contribution < -0.4 is 0 Å². The zero-order chi connectivity index (χ0) is 9.52. The van der Waals surface area contributed by atoms with E-state index in [1.807, 2.05) is 6.92 Å². The van der Waals surface area contributed by atoms with E-state index in [0.29, 0.717) is 11.5 Å². The summed E-state index contributed by atoms with van der Waals surface area (Å²) in [6.07, 6.45) is 10.2. The van der Waals surface area contributed by atoms with E-state index in [-0.39, 0.29) is 0 Å². The highest BCUT2D eigenvalue weighted by molar-refractivity contribution is 6.74. The Kier molecular flexibility index (Phi) is 5.18. The molecule has 0 aromatic heterocycles. The van der Waals surface area contributed by atoms with Gasteiger partial charge in [0.25, 0.3) is 0 Å². The van der Waals surface area contributed by atoms with E-state index in [4.69, 9.17) is 0 Å². The van der Waals surface area contributed by atoms with Crippen molar-refractivity contribution in [3.63, 3.8) is 0 Å². The molecule has 1 saturated carbocycles. The Labute approximate surface area is 82.5 Å². The molecule has 0 saturated heterocycles. The predicted octanol–water partition coefficient (Wildman–Crippen LogP) is 2.89. The van der Waals surface area contributed by atoms with Gasteiger partial charge in [-0.25, -0.2) is 0 Å². The van der Waals surface area contributed by atoms with E-state index in [0.717, 1.165) is 13.7 Å². The van der Waals surface area contributed by atoms with Crippen LogP contribution in [0.15, 0.2) is 0 Å². The normalized spacial score (nSPS) is 20.4. The minimum atomic E-state index is 0.463. The maximum absolute atomic E-state index is 11.3. The zero-order valence-corrected chi connectivity index (χ0v) is 8.85. The van der Waals surface area contributed by atoms with Crippen molar-refractivity contribution >= 4 is 13.0 Å². The summed E-state index contributed by atoms with van der Waals surface area (Å²) in [6.45, 7) is 1.98. The fraction of sp³-hybridized carbons (Fsp3) is 0.909. The van der Waals surface area contributed by atoms with Crippen LogP contribution in [0.4, 0.5) is 0 Å². The molecule has 74 valence electrons. The molecule has 0 radical (unpaired) electrons. The minimum Gasteiger partial charge on any atom is -0.312 e. The van der Waals surface area contributed by atoms with Crippen molar-refractivity contribution in [2.24, 2.45) is 0 Å². The second-order valence-electron chi connectivity index (χ2n) is 4.31. The lowest BCUT2D eigenvalue weighted by molar-refractivity contribution is -0.111. The van der Waals surface area contributed by atoms with Gasteiger partial charge in [-0.3, -0.25) is 0 Å². The van der Waals surface area contributed by atoms with Gasteiger partial charge in [-0.1, -0.05) is 57.7 Å². The first kappa shape index (κ1) is 10.8. The summed E-state index contributed by atoms with van der Waals surface area (Å²) < 4.78 is 0. The summed E-state index contributed by atoms with van der Waals surface area (Å²) >= 11 is 0. The number of hydrogen-bond donors (Lipinski definition) is 0. The van der Waals surface area contributed by atoms with Crippen LogP contribution in [0, 0.1) is 0 Å². The SMILES string of the molecule is CCC(=O)BC1CCCCCCC1. The Morgan fingerprint density at radius 2 is 1.69 bits per heavy atom. The average molecular weight is 180 g/mol. The maximum atomic E-state index is 11.3.